The monoisotopic (exact) mass is 273 g/mol. The second-order valence-electron chi connectivity index (χ2n) is 3.61. The molecule has 0 radical (unpaired) electrons. The lowest BCUT2D eigenvalue weighted by Crippen LogP contribution is -2.31. The quantitative estimate of drug-likeness (QED) is 0.842. The fraction of sp³-hybridized carbons (Fsp3) is 0.444. The second-order valence-corrected chi connectivity index (χ2v) is 3.61. The predicted molar refractivity (Wildman–Crippen MR) is 53.0 cm³/mol. The molecule has 0 amide bonds. The molecular formula is C9H9F6N3. The average Bonchev–Trinajstić information content (AvgIpc) is 2.12. The standard InChI is InChI=1S/C9H9F6N3/c1-18(4-8(10,11)12)7-3-5(9(13,14)15)2-6(16)17-7/h2-3H,4H2,1H3,(H2,16,17). The molecule has 18 heavy (non-hydrogen) atoms. The number of alkyl halides is 6. The molecule has 9 heteroatoms. The smallest absolute Gasteiger partial charge is 0.384 e. The summed E-state index contributed by atoms with van der Waals surface area (Å²) in [6.07, 6.45) is -9.23. The maximum Gasteiger partial charge on any atom is 0.416 e. The highest BCUT2D eigenvalue weighted by Crippen LogP contribution is 2.32. The van der Waals surface area contributed by atoms with Crippen LogP contribution in [0.2, 0.25) is 0 Å². The Labute approximate surface area is 98.2 Å². The average molecular weight is 273 g/mol. The van der Waals surface area contributed by atoms with Crippen LogP contribution in [-0.2, 0) is 6.18 Å². The lowest BCUT2D eigenvalue weighted by Gasteiger charge is -2.21. The van der Waals surface area contributed by atoms with Crippen molar-refractivity contribution >= 4 is 11.6 Å². The molecule has 2 N–H and O–H groups in total. The Morgan fingerprint density at radius 3 is 2.17 bits per heavy atom. The number of hydrogen-bond donors (Lipinski definition) is 1. The number of halogens is 6. The molecule has 0 saturated carbocycles. The van der Waals surface area contributed by atoms with Crippen LogP contribution in [0.25, 0.3) is 0 Å². The highest BCUT2D eigenvalue weighted by Gasteiger charge is 2.33. The van der Waals surface area contributed by atoms with E-state index in [1.54, 1.807) is 0 Å². The molecule has 0 aliphatic carbocycles. The van der Waals surface area contributed by atoms with Crippen LogP contribution in [0.3, 0.4) is 0 Å². The third-order valence-electron chi connectivity index (χ3n) is 1.97. The van der Waals surface area contributed by atoms with Gasteiger partial charge in [-0.05, 0) is 12.1 Å². The van der Waals surface area contributed by atoms with Crippen LogP contribution < -0.4 is 10.6 Å². The summed E-state index contributed by atoms with van der Waals surface area (Å²) in [7, 11) is 0.982. The van der Waals surface area contributed by atoms with Gasteiger partial charge in [-0.3, -0.25) is 0 Å². The van der Waals surface area contributed by atoms with Crippen LogP contribution in [0.5, 0.6) is 0 Å². The second kappa shape index (κ2) is 4.54. The highest BCUT2D eigenvalue weighted by molar-refractivity contribution is 5.48. The van der Waals surface area contributed by atoms with Crippen LogP contribution in [0.1, 0.15) is 5.56 Å². The topological polar surface area (TPSA) is 42.1 Å². The zero-order valence-electron chi connectivity index (χ0n) is 9.10. The molecule has 0 fully saturated rings. The number of nitrogens with zero attached hydrogens (tertiary/aromatic N) is 2. The van der Waals surface area contributed by atoms with Crippen molar-refractivity contribution in [3.63, 3.8) is 0 Å². The number of rotatable bonds is 2. The van der Waals surface area contributed by atoms with Gasteiger partial charge in [0.05, 0.1) is 5.56 Å². The number of nitrogens with two attached hydrogens (primary N) is 1. The van der Waals surface area contributed by atoms with Gasteiger partial charge >= 0.3 is 12.4 Å². The van der Waals surface area contributed by atoms with Crippen LogP contribution >= 0.6 is 0 Å². The van der Waals surface area contributed by atoms with Crippen LogP contribution in [0, 0.1) is 0 Å². The Balaban J connectivity index is 3.07. The van der Waals surface area contributed by atoms with E-state index in [-0.39, 0.29) is 0 Å². The molecular weight excluding hydrogens is 264 g/mol. The summed E-state index contributed by atoms with van der Waals surface area (Å²) < 4.78 is 73.6. The minimum absolute atomic E-state index is 0.486. The molecule has 3 nitrogen and oxygen atoms in total. The van der Waals surface area contributed by atoms with Crippen molar-refractivity contribution in [3.05, 3.63) is 17.7 Å². The number of hydrogen-bond acceptors (Lipinski definition) is 3. The number of pyridine rings is 1. The fourth-order valence-corrected chi connectivity index (χ4v) is 1.25. The Bertz CT molecular complexity index is 425. The predicted octanol–water partition coefficient (Wildman–Crippen LogP) is 2.68. The summed E-state index contributed by atoms with van der Waals surface area (Å²) in [4.78, 5) is 3.98. The Kier molecular flexibility index (Phi) is 3.63. The molecule has 0 bridgehead atoms. The molecule has 1 aromatic heterocycles. The van der Waals surface area contributed by atoms with Gasteiger partial charge in [0.15, 0.2) is 0 Å². The van der Waals surface area contributed by atoms with Gasteiger partial charge in [-0.2, -0.15) is 26.3 Å². The van der Waals surface area contributed by atoms with Gasteiger partial charge < -0.3 is 10.6 Å². The minimum Gasteiger partial charge on any atom is -0.384 e. The Morgan fingerprint density at radius 2 is 1.72 bits per heavy atom. The van der Waals surface area contributed by atoms with E-state index < -0.39 is 36.1 Å². The maximum absolute atomic E-state index is 12.4. The summed E-state index contributed by atoms with van der Waals surface area (Å²) in [5, 5.41) is 0. The SMILES string of the molecule is CN(CC(F)(F)F)c1cc(C(F)(F)F)cc(N)n1. The molecule has 0 saturated heterocycles. The first kappa shape index (κ1) is 14.4. The summed E-state index contributed by atoms with van der Waals surface area (Å²) in [6.45, 7) is -1.42. The minimum atomic E-state index is -4.69. The van der Waals surface area contributed by atoms with E-state index in [2.05, 4.69) is 4.98 Å². The van der Waals surface area contributed by atoms with Gasteiger partial charge in [-0.1, -0.05) is 0 Å². The number of anilines is 2. The Hall–Kier alpha value is -1.67. The molecule has 1 heterocycles. The lowest BCUT2D eigenvalue weighted by atomic mass is 10.2. The zero-order valence-corrected chi connectivity index (χ0v) is 9.10. The molecule has 1 rings (SSSR count). The first-order chi connectivity index (χ1) is 7.99. The fourth-order valence-electron chi connectivity index (χ4n) is 1.25. The molecule has 0 spiro atoms. The van der Waals surface area contributed by atoms with E-state index in [0.29, 0.717) is 17.0 Å². The van der Waals surface area contributed by atoms with E-state index in [1.165, 1.54) is 0 Å². The van der Waals surface area contributed by atoms with Gasteiger partial charge in [-0.15, -0.1) is 0 Å². The maximum atomic E-state index is 12.4. The first-order valence-electron chi connectivity index (χ1n) is 4.62. The van der Waals surface area contributed by atoms with Crippen molar-refractivity contribution in [2.24, 2.45) is 0 Å². The third kappa shape index (κ3) is 3.97. The van der Waals surface area contributed by atoms with Gasteiger partial charge in [0.2, 0.25) is 0 Å². The van der Waals surface area contributed by atoms with Crippen molar-refractivity contribution in [1.29, 1.82) is 0 Å². The molecule has 0 aromatic carbocycles. The van der Waals surface area contributed by atoms with E-state index >= 15 is 0 Å². The Morgan fingerprint density at radius 1 is 1.17 bits per heavy atom. The van der Waals surface area contributed by atoms with Crippen LogP contribution in [0.4, 0.5) is 38.0 Å². The summed E-state index contributed by atoms with van der Waals surface area (Å²) in [5.74, 6) is -0.978. The first-order valence-corrected chi connectivity index (χ1v) is 4.62. The van der Waals surface area contributed by atoms with E-state index in [1.807, 2.05) is 0 Å². The summed E-state index contributed by atoms with van der Waals surface area (Å²) >= 11 is 0. The van der Waals surface area contributed by atoms with Crippen molar-refractivity contribution in [2.45, 2.75) is 12.4 Å². The van der Waals surface area contributed by atoms with Crippen LogP contribution in [-0.4, -0.2) is 24.8 Å². The molecule has 1 aromatic rings. The normalized spacial score (nSPS) is 12.6. The zero-order chi connectivity index (χ0) is 14.1. The summed E-state index contributed by atoms with van der Waals surface area (Å²) in [6, 6.07) is 1.08. The van der Waals surface area contributed by atoms with Crippen LogP contribution in [0.15, 0.2) is 12.1 Å². The summed E-state index contributed by atoms with van der Waals surface area (Å²) in [5.41, 5.74) is 4.00. The number of nitrogen functional groups attached to an aromatic ring is 1. The largest absolute Gasteiger partial charge is 0.416 e. The van der Waals surface area contributed by atoms with Crippen molar-refractivity contribution in [3.8, 4) is 0 Å². The molecule has 0 aliphatic heterocycles. The van der Waals surface area contributed by atoms with Crippen molar-refractivity contribution in [2.75, 3.05) is 24.2 Å². The van der Waals surface area contributed by atoms with Gasteiger partial charge in [0.1, 0.15) is 18.2 Å². The molecule has 0 atom stereocenters. The molecule has 0 unspecified atom stereocenters. The van der Waals surface area contributed by atoms with Crippen molar-refractivity contribution < 1.29 is 26.3 Å². The van der Waals surface area contributed by atoms with Crippen molar-refractivity contribution in [1.82, 2.24) is 4.98 Å². The van der Waals surface area contributed by atoms with E-state index in [0.717, 1.165) is 7.05 Å². The number of aromatic nitrogens is 1. The molecule has 0 aliphatic rings. The highest BCUT2D eigenvalue weighted by atomic mass is 19.4. The van der Waals surface area contributed by atoms with E-state index in [4.69, 9.17) is 5.73 Å². The van der Waals surface area contributed by atoms with Gasteiger partial charge in [0.25, 0.3) is 0 Å². The third-order valence-corrected chi connectivity index (χ3v) is 1.97. The van der Waals surface area contributed by atoms with E-state index in [9.17, 15) is 26.3 Å². The lowest BCUT2D eigenvalue weighted by molar-refractivity contribution is -0.137. The van der Waals surface area contributed by atoms with Gasteiger partial charge in [-0.25, -0.2) is 4.98 Å². The van der Waals surface area contributed by atoms with Gasteiger partial charge in [0, 0.05) is 7.05 Å². The molecule has 102 valence electrons.